The Morgan fingerprint density at radius 3 is 2.42 bits per heavy atom. The largest absolute Gasteiger partial charge is 0.444 e. The van der Waals surface area contributed by atoms with Crippen molar-refractivity contribution in [1.82, 2.24) is 20.4 Å². The van der Waals surface area contributed by atoms with Gasteiger partial charge in [-0.25, -0.2) is 4.79 Å². The van der Waals surface area contributed by atoms with Gasteiger partial charge in [0.05, 0.1) is 12.6 Å². The number of nitrogens with zero attached hydrogens (tertiary/aromatic N) is 3. The second-order valence-corrected chi connectivity index (χ2v) is 7.43. The van der Waals surface area contributed by atoms with Crippen molar-refractivity contribution < 1.29 is 22.7 Å². The smallest absolute Gasteiger partial charge is 0.410 e. The van der Waals surface area contributed by atoms with Crippen LogP contribution >= 0.6 is 0 Å². The first kappa shape index (κ1) is 22.3. The third-order valence-corrected chi connectivity index (χ3v) is 3.56. The second kappa shape index (κ2) is 9.29. The molecule has 0 aliphatic carbocycles. The van der Waals surface area contributed by atoms with Crippen LogP contribution in [0, 0.1) is 0 Å². The van der Waals surface area contributed by atoms with Crippen LogP contribution in [0.2, 0.25) is 0 Å². The van der Waals surface area contributed by atoms with Crippen LogP contribution in [0.25, 0.3) is 0 Å². The quantitative estimate of drug-likeness (QED) is 0.416. The number of carbonyl (C=O) groups is 1. The number of guanidine groups is 1. The van der Waals surface area contributed by atoms with E-state index in [4.69, 9.17) is 4.74 Å². The molecule has 0 aromatic heterocycles. The molecule has 0 saturated carbocycles. The lowest BCUT2D eigenvalue weighted by Gasteiger charge is -2.40. The number of aliphatic imine (C=N–C) groups is 1. The number of hydrogen-bond donors (Lipinski definition) is 2. The molecule has 1 aliphatic heterocycles. The molecular formula is C16H30F3N5O2. The summed E-state index contributed by atoms with van der Waals surface area (Å²) in [6.45, 7) is 6.41. The van der Waals surface area contributed by atoms with Crippen LogP contribution in [0.3, 0.4) is 0 Å². The molecular weight excluding hydrogens is 351 g/mol. The maximum Gasteiger partial charge on any atom is 0.410 e. The standard InChI is InChI=1S/C16H30F3N5O2/c1-15(2,3)26-14(25)24-9-12(10-24)22-13(20-4)21-7-6-8-23(5)11-16(17,18)19/h12H,6-11H2,1-5H3,(H2,20,21,22). The van der Waals surface area contributed by atoms with E-state index in [1.54, 1.807) is 11.9 Å². The fourth-order valence-corrected chi connectivity index (χ4v) is 2.37. The zero-order valence-electron chi connectivity index (χ0n) is 16.1. The van der Waals surface area contributed by atoms with Crippen molar-refractivity contribution in [2.24, 2.45) is 4.99 Å². The highest BCUT2D eigenvalue weighted by Gasteiger charge is 2.34. The minimum absolute atomic E-state index is 0.0709. The minimum Gasteiger partial charge on any atom is -0.444 e. The summed E-state index contributed by atoms with van der Waals surface area (Å²) in [5.41, 5.74) is -0.521. The molecule has 0 aromatic rings. The molecule has 152 valence electrons. The van der Waals surface area contributed by atoms with Crippen LogP contribution in [0.4, 0.5) is 18.0 Å². The van der Waals surface area contributed by atoms with E-state index < -0.39 is 18.3 Å². The Morgan fingerprint density at radius 1 is 1.31 bits per heavy atom. The van der Waals surface area contributed by atoms with Crippen molar-refractivity contribution in [3.63, 3.8) is 0 Å². The van der Waals surface area contributed by atoms with Gasteiger partial charge in [0.15, 0.2) is 5.96 Å². The molecule has 1 amide bonds. The highest BCUT2D eigenvalue weighted by atomic mass is 19.4. The van der Waals surface area contributed by atoms with E-state index in [-0.39, 0.29) is 12.1 Å². The number of halogens is 3. The highest BCUT2D eigenvalue weighted by molar-refractivity contribution is 5.80. The van der Waals surface area contributed by atoms with E-state index in [0.717, 1.165) is 0 Å². The second-order valence-electron chi connectivity index (χ2n) is 7.43. The third-order valence-electron chi connectivity index (χ3n) is 3.56. The molecule has 10 heteroatoms. The lowest BCUT2D eigenvalue weighted by molar-refractivity contribution is -0.143. The highest BCUT2D eigenvalue weighted by Crippen LogP contribution is 2.16. The normalized spacial score (nSPS) is 16.5. The number of carbonyl (C=O) groups excluding carboxylic acids is 1. The van der Waals surface area contributed by atoms with E-state index in [0.29, 0.717) is 38.6 Å². The molecule has 0 bridgehead atoms. The first-order chi connectivity index (χ1) is 11.9. The Labute approximate surface area is 152 Å². The topological polar surface area (TPSA) is 69.2 Å². The molecule has 0 atom stereocenters. The fraction of sp³-hybridized carbons (Fsp3) is 0.875. The molecule has 1 aliphatic rings. The van der Waals surface area contributed by atoms with Gasteiger partial charge < -0.3 is 20.3 Å². The van der Waals surface area contributed by atoms with Gasteiger partial charge in [-0.1, -0.05) is 0 Å². The number of rotatable bonds is 6. The van der Waals surface area contributed by atoms with Gasteiger partial charge in [-0.2, -0.15) is 13.2 Å². The van der Waals surface area contributed by atoms with E-state index in [2.05, 4.69) is 15.6 Å². The van der Waals surface area contributed by atoms with Gasteiger partial charge in [0.25, 0.3) is 0 Å². The predicted molar refractivity (Wildman–Crippen MR) is 94.3 cm³/mol. The van der Waals surface area contributed by atoms with Gasteiger partial charge in [-0.15, -0.1) is 0 Å². The van der Waals surface area contributed by atoms with Gasteiger partial charge in [0.2, 0.25) is 0 Å². The molecule has 2 N–H and O–H groups in total. The van der Waals surface area contributed by atoms with E-state index in [9.17, 15) is 18.0 Å². The summed E-state index contributed by atoms with van der Waals surface area (Å²) in [5, 5.41) is 6.24. The maximum atomic E-state index is 12.2. The number of nitrogens with one attached hydrogen (secondary N) is 2. The number of amides is 1. The first-order valence-corrected chi connectivity index (χ1v) is 8.60. The Bertz CT molecular complexity index is 485. The van der Waals surface area contributed by atoms with Crippen molar-refractivity contribution in [3.8, 4) is 0 Å². The number of ether oxygens (including phenoxy) is 1. The molecule has 1 fully saturated rings. The molecule has 0 aromatic carbocycles. The summed E-state index contributed by atoms with van der Waals surface area (Å²) in [6.07, 6.45) is -3.96. The van der Waals surface area contributed by atoms with E-state index >= 15 is 0 Å². The fourth-order valence-electron chi connectivity index (χ4n) is 2.37. The van der Waals surface area contributed by atoms with Crippen LogP contribution in [-0.2, 0) is 4.74 Å². The van der Waals surface area contributed by atoms with E-state index in [1.807, 2.05) is 20.8 Å². The minimum atomic E-state index is -4.18. The van der Waals surface area contributed by atoms with Crippen LogP contribution < -0.4 is 10.6 Å². The van der Waals surface area contributed by atoms with Gasteiger partial charge in [0, 0.05) is 26.7 Å². The molecule has 0 radical (unpaired) electrons. The lowest BCUT2D eigenvalue weighted by Crippen LogP contribution is -2.63. The van der Waals surface area contributed by atoms with Crippen LogP contribution in [0.5, 0.6) is 0 Å². The maximum absolute atomic E-state index is 12.2. The van der Waals surface area contributed by atoms with Gasteiger partial charge in [-0.05, 0) is 40.8 Å². The van der Waals surface area contributed by atoms with Crippen molar-refractivity contribution in [2.75, 3.05) is 46.8 Å². The van der Waals surface area contributed by atoms with Gasteiger partial charge in [0.1, 0.15) is 5.60 Å². The Hall–Kier alpha value is -1.71. The zero-order valence-corrected chi connectivity index (χ0v) is 16.1. The molecule has 0 unspecified atom stereocenters. The lowest BCUT2D eigenvalue weighted by atomic mass is 10.1. The summed E-state index contributed by atoms with van der Waals surface area (Å²) in [6, 6.07) is 0.0709. The summed E-state index contributed by atoms with van der Waals surface area (Å²) in [7, 11) is 3.07. The summed E-state index contributed by atoms with van der Waals surface area (Å²) >= 11 is 0. The van der Waals surface area contributed by atoms with Crippen molar-refractivity contribution in [2.45, 2.75) is 45.0 Å². The molecule has 1 rings (SSSR count). The molecule has 1 heterocycles. The van der Waals surface area contributed by atoms with Crippen molar-refractivity contribution >= 4 is 12.1 Å². The zero-order chi connectivity index (χ0) is 20.0. The Morgan fingerprint density at radius 2 is 1.92 bits per heavy atom. The Balaban J connectivity index is 2.20. The summed E-state index contributed by atoms with van der Waals surface area (Å²) in [4.78, 5) is 18.8. The molecule has 1 saturated heterocycles. The summed E-state index contributed by atoms with van der Waals surface area (Å²) < 4.78 is 42.0. The molecule has 0 spiro atoms. The predicted octanol–water partition coefficient (Wildman–Crippen LogP) is 1.65. The van der Waals surface area contributed by atoms with Crippen LogP contribution in [-0.4, -0.2) is 86.5 Å². The average molecular weight is 381 g/mol. The average Bonchev–Trinajstić information content (AvgIpc) is 2.40. The molecule has 26 heavy (non-hydrogen) atoms. The van der Waals surface area contributed by atoms with Gasteiger partial charge >= 0.3 is 12.3 Å². The molecule has 7 nitrogen and oxygen atoms in total. The van der Waals surface area contributed by atoms with E-state index in [1.165, 1.54) is 11.9 Å². The van der Waals surface area contributed by atoms with Crippen molar-refractivity contribution in [3.05, 3.63) is 0 Å². The third kappa shape index (κ3) is 9.12. The monoisotopic (exact) mass is 381 g/mol. The Kier molecular flexibility index (Phi) is 7.98. The SMILES string of the molecule is CN=C(NCCCN(C)CC(F)(F)F)NC1CN(C(=O)OC(C)(C)C)C1. The number of likely N-dealkylation sites (tertiary alicyclic amines) is 1. The van der Waals surface area contributed by atoms with Crippen LogP contribution in [0.15, 0.2) is 4.99 Å². The first-order valence-electron chi connectivity index (χ1n) is 8.60. The van der Waals surface area contributed by atoms with Crippen molar-refractivity contribution in [1.29, 1.82) is 0 Å². The number of alkyl halides is 3. The summed E-state index contributed by atoms with van der Waals surface area (Å²) in [5.74, 6) is 0.567. The number of hydrogen-bond acceptors (Lipinski definition) is 4. The van der Waals surface area contributed by atoms with Gasteiger partial charge in [-0.3, -0.25) is 9.89 Å². The van der Waals surface area contributed by atoms with Crippen LogP contribution in [0.1, 0.15) is 27.2 Å².